The van der Waals surface area contributed by atoms with E-state index >= 15 is 0 Å². The van der Waals surface area contributed by atoms with Crippen LogP contribution in [0.4, 0.5) is 5.69 Å². The molecule has 0 bridgehead atoms. The van der Waals surface area contributed by atoms with Gasteiger partial charge in [-0.15, -0.1) is 0 Å². The minimum Gasteiger partial charge on any atom is -0.755 e. The maximum Gasteiger partial charge on any atom is 0.130 e. The number of nitrogens with two attached hydrogens (primary N) is 1. The molecule has 0 aromatic heterocycles. The lowest BCUT2D eigenvalue weighted by atomic mass is 9.88. The SMILES string of the molecule is NCCOCCN1CCC2(C=Cc3cc(NS(=O)[O-])ccc3O2)CC1. The van der Waals surface area contributed by atoms with E-state index in [1.807, 2.05) is 12.1 Å². The summed E-state index contributed by atoms with van der Waals surface area (Å²) < 4.78 is 35.6. The van der Waals surface area contributed by atoms with Crippen molar-refractivity contribution in [3.05, 3.63) is 29.8 Å². The van der Waals surface area contributed by atoms with Crippen LogP contribution in [0.25, 0.3) is 6.08 Å². The summed E-state index contributed by atoms with van der Waals surface area (Å²) >= 11 is -2.32. The highest BCUT2D eigenvalue weighted by Gasteiger charge is 2.36. The Bertz CT molecular complexity index is 645. The molecule has 25 heavy (non-hydrogen) atoms. The van der Waals surface area contributed by atoms with Crippen LogP contribution in [0, 0.1) is 0 Å². The zero-order valence-corrected chi connectivity index (χ0v) is 14.9. The van der Waals surface area contributed by atoms with Gasteiger partial charge in [-0.3, -0.25) is 4.21 Å². The fourth-order valence-corrected chi connectivity index (χ4v) is 3.55. The number of hydrogen-bond acceptors (Lipinski definition) is 6. The van der Waals surface area contributed by atoms with Crippen molar-refractivity contribution in [1.82, 2.24) is 4.90 Å². The summed E-state index contributed by atoms with van der Waals surface area (Å²) in [4.78, 5) is 2.38. The summed E-state index contributed by atoms with van der Waals surface area (Å²) in [6.45, 7) is 4.71. The van der Waals surface area contributed by atoms with E-state index in [1.54, 1.807) is 12.1 Å². The summed E-state index contributed by atoms with van der Waals surface area (Å²) in [6.07, 6.45) is 5.97. The van der Waals surface area contributed by atoms with Gasteiger partial charge in [0, 0.05) is 61.5 Å². The maximum absolute atomic E-state index is 10.7. The zero-order chi connectivity index (χ0) is 17.7. The second kappa shape index (κ2) is 8.29. The summed E-state index contributed by atoms with van der Waals surface area (Å²) in [6, 6.07) is 5.31. The van der Waals surface area contributed by atoms with Gasteiger partial charge in [0.1, 0.15) is 11.4 Å². The normalized spacial score (nSPS) is 20.1. The van der Waals surface area contributed by atoms with Crippen LogP contribution in [0.1, 0.15) is 18.4 Å². The van der Waals surface area contributed by atoms with E-state index in [9.17, 15) is 8.76 Å². The minimum atomic E-state index is -2.32. The second-order valence-corrected chi connectivity index (χ2v) is 7.01. The molecule has 3 rings (SSSR count). The third kappa shape index (κ3) is 4.80. The lowest BCUT2D eigenvalue weighted by molar-refractivity contribution is 0.0258. The Morgan fingerprint density at radius 2 is 2.16 bits per heavy atom. The van der Waals surface area contributed by atoms with Crippen molar-refractivity contribution in [2.45, 2.75) is 18.4 Å². The summed E-state index contributed by atoms with van der Waals surface area (Å²) in [5, 5.41) is 0. The fourth-order valence-electron chi connectivity index (χ4n) is 3.23. The number of rotatable bonds is 7. The van der Waals surface area contributed by atoms with E-state index in [2.05, 4.69) is 15.7 Å². The van der Waals surface area contributed by atoms with Crippen LogP contribution in [-0.2, 0) is 16.0 Å². The highest BCUT2D eigenvalue weighted by molar-refractivity contribution is 7.80. The topological polar surface area (TPSA) is 99.9 Å². The molecule has 1 spiro atoms. The molecule has 0 amide bonds. The van der Waals surface area contributed by atoms with Gasteiger partial charge in [0.2, 0.25) is 0 Å². The van der Waals surface area contributed by atoms with Crippen molar-refractivity contribution in [1.29, 1.82) is 0 Å². The van der Waals surface area contributed by atoms with E-state index in [4.69, 9.17) is 15.2 Å². The first-order valence-electron chi connectivity index (χ1n) is 8.49. The maximum atomic E-state index is 10.7. The largest absolute Gasteiger partial charge is 0.755 e. The molecule has 3 N–H and O–H groups in total. The number of likely N-dealkylation sites (tertiary alicyclic amines) is 1. The number of ether oxygens (including phenoxy) is 2. The molecule has 1 fully saturated rings. The molecule has 7 nitrogen and oxygen atoms in total. The molecule has 2 heterocycles. The molecular weight excluding hydrogens is 342 g/mol. The number of piperidine rings is 1. The zero-order valence-electron chi connectivity index (χ0n) is 14.1. The van der Waals surface area contributed by atoms with Gasteiger partial charge < -0.3 is 29.4 Å². The Balaban J connectivity index is 1.56. The number of anilines is 1. The highest BCUT2D eigenvalue weighted by atomic mass is 32.2. The number of nitrogens with zero attached hydrogens (tertiary/aromatic N) is 1. The summed E-state index contributed by atoms with van der Waals surface area (Å²) in [7, 11) is 0. The van der Waals surface area contributed by atoms with Crippen LogP contribution in [0.15, 0.2) is 24.3 Å². The molecule has 2 aliphatic heterocycles. The number of benzene rings is 1. The Hall–Kier alpha value is -1.45. The van der Waals surface area contributed by atoms with Gasteiger partial charge in [0.25, 0.3) is 0 Å². The van der Waals surface area contributed by atoms with Gasteiger partial charge in [-0.1, -0.05) is 6.08 Å². The fraction of sp³-hybridized carbons (Fsp3) is 0.529. The molecule has 1 unspecified atom stereocenters. The molecule has 0 aliphatic carbocycles. The van der Waals surface area contributed by atoms with Crippen molar-refractivity contribution in [3.8, 4) is 5.75 Å². The van der Waals surface area contributed by atoms with Crippen LogP contribution in [-0.4, -0.2) is 58.7 Å². The standard InChI is InChI=1S/C17H25N3O4S/c18-7-11-23-12-10-20-8-5-17(6-9-20)4-3-14-13-15(19-25(21)22)1-2-16(14)24-17/h1-4,13,19H,5-12,18H2,(H,21,22)/p-1. The molecular formula is C17H24N3O4S-. The average molecular weight is 366 g/mol. The third-order valence-electron chi connectivity index (χ3n) is 4.61. The average Bonchev–Trinajstić information content (AvgIpc) is 2.60. The molecule has 8 heteroatoms. The van der Waals surface area contributed by atoms with Crippen molar-refractivity contribution in [3.63, 3.8) is 0 Å². The third-order valence-corrected chi connectivity index (χ3v) is 5.01. The van der Waals surface area contributed by atoms with Crippen LogP contribution in [0.2, 0.25) is 0 Å². The molecule has 1 aromatic carbocycles. The van der Waals surface area contributed by atoms with Gasteiger partial charge in [-0.25, -0.2) is 0 Å². The molecule has 0 saturated carbocycles. The summed E-state index contributed by atoms with van der Waals surface area (Å²) in [5.74, 6) is 0.796. The second-order valence-electron chi connectivity index (χ2n) is 6.33. The summed E-state index contributed by atoms with van der Waals surface area (Å²) in [5.41, 5.74) is 6.57. The van der Waals surface area contributed by atoms with Crippen molar-refractivity contribution >= 4 is 23.0 Å². The van der Waals surface area contributed by atoms with Crippen molar-refractivity contribution in [2.75, 3.05) is 44.1 Å². The molecule has 1 saturated heterocycles. The quantitative estimate of drug-likeness (QED) is 0.554. The van der Waals surface area contributed by atoms with Gasteiger partial charge in [-0.2, -0.15) is 0 Å². The first-order valence-corrected chi connectivity index (χ1v) is 9.56. The molecule has 2 aliphatic rings. The smallest absolute Gasteiger partial charge is 0.130 e. The van der Waals surface area contributed by atoms with Gasteiger partial charge in [0.15, 0.2) is 0 Å². The van der Waals surface area contributed by atoms with Crippen molar-refractivity contribution < 1.29 is 18.2 Å². The lowest BCUT2D eigenvalue weighted by Gasteiger charge is -2.42. The number of nitrogens with one attached hydrogen (secondary N) is 1. The predicted molar refractivity (Wildman–Crippen MR) is 96.9 cm³/mol. The van der Waals surface area contributed by atoms with E-state index in [-0.39, 0.29) is 5.60 Å². The van der Waals surface area contributed by atoms with Crippen LogP contribution in [0.5, 0.6) is 5.75 Å². The first kappa shape index (κ1) is 18.3. The Kier molecular flexibility index (Phi) is 6.08. The number of fused-ring (bicyclic) bond motifs is 1. The van der Waals surface area contributed by atoms with E-state index in [0.717, 1.165) is 43.8 Å². The Labute approximate surface area is 150 Å². The van der Waals surface area contributed by atoms with Crippen LogP contribution in [0.3, 0.4) is 0 Å². The molecule has 1 aromatic rings. The number of hydrogen-bond donors (Lipinski definition) is 2. The Morgan fingerprint density at radius 1 is 1.36 bits per heavy atom. The van der Waals surface area contributed by atoms with Gasteiger partial charge in [0.05, 0.1) is 13.2 Å². The Morgan fingerprint density at radius 3 is 2.88 bits per heavy atom. The van der Waals surface area contributed by atoms with Gasteiger partial charge in [-0.05, 0) is 24.3 Å². The monoisotopic (exact) mass is 366 g/mol. The lowest BCUT2D eigenvalue weighted by Crippen LogP contribution is -2.48. The minimum absolute atomic E-state index is 0.266. The van der Waals surface area contributed by atoms with Crippen molar-refractivity contribution in [2.24, 2.45) is 5.73 Å². The van der Waals surface area contributed by atoms with Gasteiger partial charge >= 0.3 is 0 Å². The van der Waals surface area contributed by atoms with E-state index in [1.165, 1.54) is 0 Å². The predicted octanol–water partition coefficient (Wildman–Crippen LogP) is 1.11. The van der Waals surface area contributed by atoms with Crippen LogP contribution < -0.4 is 15.2 Å². The highest BCUT2D eigenvalue weighted by Crippen LogP contribution is 2.38. The molecule has 138 valence electrons. The van der Waals surface area contributed by atoms with E-state index < -0.39 is 11.3 Å². The van der Waals surface area contributed by atoms with Crippen LogP contribution >= 0.6 is 0 Å². The first-order chi connectivity index (χ1) is 12.1. The molecule has 0 radical (unpaired) electrons. The molecule has 1 atom stereocenters. The van der Waals surface area contributed by atoms with E-state index in [0.29, 0.717) is 25.4 Å².